The summed E-state index contributed by atoms with van der Waals surface area (Å²) in [5.41, 5.74) is 3.25. The zero-order valence-electron chi connectivity index (χ0n) is 12.6. The van der Waals surface area contributed by atoms with Crippen molar-refractivity contribution >= 4 is 0 Å². The Bertz CT molecular complexity index is 558. The summed E-state index contributed by atoms with van der Waals surface area (Å²) in [6.07, 6.45) is 3.63. The smallest absolute Gasteiger partial charge is 0.123 e. The van der Waals surface area contributed by atoms with Crippen molar-refractivity contribution in [1.29, 1.82) is 0 Å². The van der Waals surface area contributed by atoms with Crippen LogP contribution in [0.5, 0.6) is 5.75 Å². The van der Waals surface area contributed by atoms with E-state index in [9.17, 15) is 5.11 Å². The summed E-state index contributed by atoms with van der Waals surface area (Å²) in [5.74, 6) is 0.861. The highest BCUT2D eigenvalue weighted by Crippen LogP contribution is 2.22. The van der Waals surface area contributed by atoms with Crippen molar-refractivity contribution in [2.75, 3.05) is 13.7 Å². The summed E-state index contributed by atoms with van der Waals surface area (Å²) in [7, 11) is 1.68. The van der Waals surface area contributed by atoms with Gasteiger partial charge in [-0.1, -0.05) is 13.0 Å². The Morgan fingerprint density at radius 2 is 1.86 bits per heavy atom. The molecule has 4 nitrogen and oxygen atoms in total. The van der Waals surface area contributed by atoms with Gasteiger partial charge in [0.1, 0.15) is 5.75 Å². The van der Waals surface area contributed by atoms with Crippen LogP contribution in [0.2, 0.25) is 0 Å². The van der Waals surface area contributed by atoms with Gasteiger partial charge in [0.05, 0.1) is 13.7 Å². The van der Waals surface area contributed by atoms with Gasteiger partial charge in [-0.25, -0.2) is 0 Å². The second kappa shape index (κ2) is 7.76. The molecule has 0 atom stereocenters. The van der Waals surface area contributed by atoms with Crippen LogP contribution in [0.25, 0.3) is 0 Å². The highest BCUT2D eigenvalue weighted by atomic mass is 16.5. The Morgan fingerprint density at radius 1 is 1.10 bits per heavy atom. The van der Waals surface area contributed by atoms with Crippen molar-refractivity contribution in [3.63, 3.8) is 0 Å². The summed E-state index contributed by atoms with van der Waals surface area (Å²) >= 11 is 0. The van der Waals surface area contributed by atoms with Gasteiger partial charge in [0, 0.05) is 31.0 Å². The van der Waals surface area contributed by atoms with E-state index in [1.54, 1.807) is 7.11 Å². The van der Waals surface area contributed by atoms with Gasteiger partial charge in [-0.3, -0.25) is 9.88 Å². The van der Waals surface area contributed by atoms with E-state index in [-0.39, 0.29) is 6.61 Å². The lowest BCUT2D eigenvalue weighted by Gasteiger charge is -2.22. The van der Waals surface area contributed by atoms with Gasteiger partial charge in [0.25, 0.3) is 0 Å². The summed E-state index contributed by atoms with van der Waals surface area (Å²) in [6.45, 7) is 4.78. The molecule has 0 radical (unpaired) electrons. The molecule has 0 bridgehead atoms. The molecular formula is C17H22N2O2. The molecule has 0 saturated heterocycles. The van der Waals surface area contributed by atoms with Crippen LogP contribution in [0.4, 0.5) is 0 Å². The van der Waals surface area contributed by atoms with E-state index in [4.69, 9.17) is 4.74 Å². The third-order valence-electron chi connectivity index (χ3n) is 3.52. The number of aliphatic hydroxyl groups excluding tert-OH is 1. The van der Waals surface area contributed by atoms with E-state index >= 15 is 0 Å². The molecule has 2 rings (SSSR count). The minimum atomic E-state index is 0.0491. The fourth-order valence-electron chi connectivity index (χ4n) is 2.32. The lowest BCUT2D eigenvalue weighted by Crippen LogP contribution is -2.22. The first-order valence-corrected chi connectivity index (χ1v) is 7.14. The lowest BCUT2D eigenvalue weighted by molar-refractivity contribution is 0.264. The van der Waals surface area contributed by atoms with Gasteiger partial charge in [0.15, 0.2) is 0 Å². The number of ether oxygens (including phenoxy) is 1. The Balaban J connectivity index is 2.14. The average molecular weight is 286 g/mol. The zero-order chi connectivity index (χ0) is 15.1. The fourth-order valence-corrected chi connectivity index (χ4v) is 2.32. The molecule has 21 heavy (non-hydrogen) atoms. The quantitative estimate of drug-likeness (QED) is 0.850. The van der Waals surface area contributed by atoms with Crippen molar-refractivity contribution in [3.05, 3.63) is 59.4 Å². The number of pyridine rings is 1. The second-order valence-electron chi connectivity index (χ2n) is 4.96. The van der Waals surface area contributed by atoms with E-state index in [0.29, 0.717) is 0 Å². The van der Waals surface area contributed by atoms with Gasteiger partial charge < -0.3 is 9.84 Å². The van der Waals surface area contributed by atoms with Crippen molar-refractivity contribution in [1.82, 2.24) is 9.88 Å². The number of nitrogens with zero attached hydrogens (tertiary/aromatic N) is 2. The molecule has 1 heterocycles. The molecule has 0 aliphatic carbocycles. The largest absolute Gasteiger partial charge is 0.496 e. The molecule has 0 aliphatic rings. The number of benzene rings is 1. The molecule has 1 N–H and O–H groups in total. The van der Waals surface area contributed by atoms with E-state index in [0.717, 1.165) is 36.5 Å². The fraction of sp³-hybridized carbons (Fsp3) is 0.353. The Morgan fingerprint density at radius 3 is 2.48 bits per heavy atom. The predicted molar refractivity (Wildman–Crippen MR) is 82.9 cm³/mol. The number of aromatic nitrogens is 1. The molecule has 0 spiro atoms. The lowest BCUT2D eigenvalue weighted by atomic mass is 10.1. The SMILES string of the molecule is CCN(Cc1ccncc1)Cc1cc(CO)ccc1OC. The Kier molecular flexibility index (Phi) is 5.72. The molecule has 4 heteroatoms. The normalized spacial score (nSPS) is 10.9. The first-order valence-electron chi connectivity index (χ1n) is 7.14. The van der Waals surface area contributed by atoms with Gasteiger partial charge in [-0.05, 0) is 41.9 Å². The molecular weight excluding hydrogens is 264 g/mol. The van der Waals surface area contributed by atoms with Crippen LogP contribution in [0.15, 0.2) is 42.7 Å². The summed E-state index contributed by atoms with van der Waals surface area (Å²) in [5, 5.41) is 9.29. The molecule has 0 saturated carbocycles. The van der Waals surface area contributed by atoms with Crippen LogP contribution in [0.3, 0.4) is 0 Å². The number of hydrogen-bond donors (Lipinski definition) is 1. The number of rotatable bonds is 7. The third kappa shape index (κ3) is 4.28. The standard InChI is InChI=1S/C17H22N2O2/c1-3-19(11-14-6-8-18-9-7-14)12-16-10-15(13-20)4-5-17(16)21-2/h4-10,20H,3,11-13H2,1-2H3. The molecule has 0 amide bonds. The molecule has 0 aliphatic heterocycles. The van der Waals surface area contributed by atoms with Crippen LogP contribution in [0, 0.1) is 0 Å². The van der Waals surface area contributed by atoms with Crippen LogP contribution in [-0.2, 0) is 19.7 Å². The predicted octanol–water partition coefficient (Wildman–Crippen LogP) is 2.60. The number of methoxy groups -OCH3 is 1. The van der Waals surface area contributed by atoms with Crippen molar-refractivity contribution < 1.29 is 9.84 Å². The van der Waals surface area contributed by atoms with Gasteiger partial charge in [0.2, 0.25) is 0 Å². The van der Waals surface area contributed by atoms with E-state index in [1.165, 1.54) is 5.56 Å². The van der Waals surface area contributed by atoms with Crippen LogP contribution < -0.4 is 4.74 Å². The van der Waals surface area contributed by atoms with E-state index < -0.39 is 0 Å². The molecule has 0 fully saturated rings. The highest BCUT2D eigenvalue weighted by molar-refractivity contribution is 5.37. The summed E-state index contributed by atoms with van der Waals surface area (Å²) in [6, 6.07) is 9.88. The van der Waals surface area contributed by atoms with Crippen molar-refractivity contribution in [3.8, 4) is 5.75 Å². The maximum Gasteiger partial charge on any atom is 0.123 e. The van der Waals surface area contributed by atoms with Crippen molar-refractivity contribution in [2.24, 2.45) is 0 Å². The first-order chi connectivity index (χ1) is 10.3. The monoisotopic (exact) mass is 286 g/mol. The minimum Gasteiger partial charge on any atom is -0.496 e. The third-order valence-corrected chi connectivity index (χ3v) is 3.52. The van der Waals surface area contributed by atoms with Crippen LogP contribution >= 0.6 is 0 Å². The maximum absolute atomic E-state index is 9.29. The minimum absolute atomic E-state index is 0.0491. The Labute approximate surface area is 126 Å². The average Bonchev–Trinajstić information content (AvgIpc) is 2.55. The summed E-state index contributed by atoms with van der Waals surface area (Å²) < 4.78 is 5.42. The highest BCUT2D eigenvalue weighted by Gasteiger charge is 2.10. The topological polar surface area (TPSA) is 45.6 Å². The Hall–Kier alpha value is -1.91. The van der Waals surface area contributed by atoms with E-state index in [2.05, 4.69) is 16.8 Å². The molecule has 0 unspecified atom stereocenters. The molecule has 2 aromatic rings. The second-order valence-corrected chi connectivity index (χ2v) is 4.96. The van der Waals surface area contributed by atoms with Crippen LogP contribution in [-0.4, -0.2) is 28.6 Å². The van der Waals surface area contributed by atoms with Crippen molar-refractivity contribution in [2.45, 2.75) is 26.6 Å². The first kappa shape index (κ1) is 15.5. The number of hydrogen-bond acceptors (Lipinski definition) is 4. The molecule has 1 aromatic carbocycles. The van der Waals surface area contributed by atoms with Crippen LogP contribution in [0.1, 0.15) is 23.6 Å². The number of aliphatic hydroxyl groups is 1. The zero-order valence-corrected chi connectivity index (χ0v) is 12.6. The summed E-state index contributed by atoms with van der Waals surface area (Å²) in [4.78, 5) is 6.37. The molecule has 112 valence electrons. The van der Waals surface area contributed by atoms with Gasteiger partial charge in [-0.15, -0.1) is 0 Å². The maximum atomic E-state index is 9.29. The van der Waals surface area contributed by atoms with Gasteiger partial charge >= 0.3 is 0 Å². The van der Waals surface area contributed by atoms with E-state index in [1.807, 2.05) is 42.7 Å². The van der Waals surface area contributed by atoms with Gasteiger partial charge in [-0.2, -0.15) is 0 Å². The molecule has 1 aromatic heterocycles.